The molecule has 1 aromatic rings. The lowest BCUT2D eigenvalue weighted by Gasteiger charge is -2.14. The molecule has 2 nitrogen and oxygen atoms in total. The largest absolute Gasteiger partial charge is 0.488 e. The van der Waals surface area contributed by atoms with Gasteiger partial charge < -0.3 is 9.84 Å². The molecule has 1 aromatic carbocycles. The van der Waals surface area contributed by atoms with E-state index < -0.39 is 5.60 Å². The van der Waals surface area contributed by atoms with Crippen molar-refractivity contribution < 1.29 is 9.84 Å². The Labute approximate surface area is 104 Å². The van der Waals surface area contributed by atoms with Crippen LogP contribution in [0.25, 0.3) is 0 Å². The average molecular weight is 283 g/mol. The van der Waals surface area contributed by atoms with E-state index in [9.17, 15) is 5.11 Å². The second-order valence-corrected chi connectivity index (χ2v) is 5.19. The first-order valence-corrected chi connectivity index (χ1v) is 6.11. The normalized spacial score (nSPS) is 16.9. The van der Waals surface area contributed by atoms with E-state index in [0.29, 0.717) is 6.61 Å². The second-order valence-electron chi connectivity index (χ2n) is 4.40. The Balaban J connectivity index is 2.23. The summed E-state index contributed by atoms with van der Waals surface area (Å²) in [6.07, 6.45) is 1.66. The molecule has 1 fully saturated rings. The number of rotatable bonds is 4. The first-order valence-electron chi connectivity index (χ1n) is 5.31. The molecule has 1 aliphatic rings. The molecule has 0 aromatic heterocycles. The molecule has 0 atom stereocenters. The third-order valence-electron chi connectivity index (χ3n) is 2.66. The van der Waals surface area contributed by atoms with E-state index >= 15 is 0 Å². The summed E-state index contributed by atoms with van der Waals surface area (Å²) in [5, 5.41) is 10.1. The maximum Gasteiger partial charge on any atom is 0.134 e. The van der Waals surface area contributed by atoms with Gasteiger partial charge in [-0.05, 0) is 47.3 Å². The van der Waals surface area contributed by atoms with Crippen LogP contribution < -0.4 is 4.74 Å². The van der Waals surface area contributed by atoms with Crippen molar-refractivity contribution in [1.29, 1.82) is 0 Å². The van der Waals surface area contributed by atoms with Crippen molar-refractivity contribution in [3.8, 4) is 5.75 Å². The number of aliphatic hydroxyl groups is 1. The van der Waals surface area contributed by atoms with Gasteiger partial charge in [-0.1, -0.05) is 18.7 Å². The molecular weight excluding hydrogens is 268 g/mol. The van der Waals surface area contributed by atoms with Crippen LogP contribution in [0, 0.1) is 0 Å². The molecule has 3 heteroatoms. The second kappa shape index (κ2) is 4.22. The fourth-order valence-electron chi connectivity index (χ4n) is 1.57. The Bertz CT molecular complexity index is 422. The minimum Gasteiger partial charge on any atom is -0.488 e. The Hall–Kier alpha value is -0.800. The van der Waals surface area contributed by atoms with Gasteiger partial charge in [0.05, 0.1) is 10.1 Å². The van der Waals surface area contributed by atoms with E-state index in [1.54, 1.807) is 0 Å². The summed E-state index contributed by atoms with van der Waals surface area (Å²) in [6, 6.07) is 5.73. The van der Waals surface area contributed by atoms with E-state index in [0.717, 1.165) is 34.2 Å². The third kappa shape index (κ3) is 2.30. The van der Waals surface area contributed by atoms with Crippen LogP contribution in [0.1, 0.15) is 25.3 Å². The van der Waals surface area contributed by atoms with Crippen LogP contribution in [-0.2, 0) is 5.60 Å². The van der Waals surface area contributed by atoms with Gasteiger partial charge in [0.1, 0.15) is 12.4 Å². The van der Waals surface area contributed by atoms with E-state index in [-0.39, 0.29) is 0 Å². The van der Waals surface area contributed by atoms with Gasteiger partial charge in [0.25, 0.3) is 0 Å². The van der Waals surface area contributed by atoms with Crippen LogP contribution in [0.2, 0.25) is 0 Å². The van der Waals surface area contributed by atoms with Crippen LogP contribution in [0.5, 0.6) is 5.75 Å². The third-order valence-corrected chi connectivity index (χ3v) is 3.48. The summed E-state index contributed by atoms with van der Waals surface area (Å²) in [5.41, 5.74) is 1.26. The monoisotopic (exact) mass is 282 g/mol. The predicted molar refractivity (Wildman–Crippen MR) is 67.6 cm³/mol. The number of hydrogen-bond donors (Lipinski definition) is 1. The van der Waals surface area contributed by atoms with Gasteiger partial charge in [-0.25, -0.2) is 0 Å². The lowest BCUT2D eigenvalue weighted by molar-refractivity contribution is 0.150. The molecule has 0 unspecified atom stereocenters. The van der Waals surface area contributed by atoms with Crippen molar-refractivity contribution in [1.82, 2.24) is 0 Å². The topological polar surface area (TPSA) is 29.5 Å². The molecule has 0 saturated heterocycles. The molecule has 16 heavy (non-hydrogen) atoms. The maximum absolute atomic E-state index is 10.1. The summed E-state index contributed by atoms with van der Waals surface area (Å²) in [5.74, 6) is 0.765. The van der Waals surface area contributed by atoms with Crippen LogP contribution >= 0.6 is 15.9 Å². The zero-order valence-electron chi connectivity index (χ0n) is 9.29. The molecule has 0 heterocycles. The van der Waals surface area contributed by atoms with Crippen LogP contribution in [0.15, 0.2) is 34.8 Å². The fourth-order valence-corrected chi connectivity index (χ4v) is 2.32. The van der Waals surface area contributed by atoms with Crippen LogP contribution in [0.3, 0.4) is 0 Å². The molecule has 0 amide bonds. The summed E-state index contributed by atoms with van der Waals surface area (Å²) in [6.45, 7) is 6.22. The standard InChI is InChI=1S/C13H15BrO2/c1-9(2)8-16-11-5-3-4-10(12(11)14)13(15)6-7-13/h3-5,15H,1,6-8H2,2H3. The van der Waals surface area contributed by atoms with Gasteiger partial charge in [0, 0.05) is 5.56 Å². The smallest absolute Gasteiger partial charge is 0.134 e. The highest BCUT2D eigenvalue weighted by Crippen LogP contribution is 2.49. The van der Waals surface area contributed by atoms with Gasteiger partial charge in [-0.3, -0.25) is 0 Å². The molecule has 86 valence electrons. The van der Waals surface area contributed by atoms with E-state index in [2.05, 4.69) is 22.5 Å². The summed E-state index contributed by atoms with van der Waals surface area (Å²) < 4.78 is 6.46. The van der Waals surface area contributed by atoms with Gasteiger partial charge in [-0.2, -0.15) is 0 Å². The minimum absolute atomic E-state index is 0.500. The summed E-state index contributed by atoms with van der Waals surface area (Å²) in [4.78, 5) is 0. The van der Waals surface area contributed by atoms with Crippen molar-refractivity contribution >= 4 is 15.9 Å². The van der Waals surface area contributed by atoms with Crippen LogP contribution in [-0.4, -0.2) is 11.7 Å². The minimum atomic E-state index is -0.637. The first-order chi connectivity index (χ1) is 7.53. The number of benzene rings is 1. The van der Waals surface area contributed by atoms with E-state index in [4.69, 9.17) is 4.74 Å². The van der Waals surface area contributed by atoms with E-state index in [1.165, 1.54) is 0 Å². The maximum atomic E-state index is 10.1. The van der Waals surface area contributed by atoms with E-state index in [1.807, 2.05) is 25.1 Å². The lowest BCUT2D eigenvalue weighted by Crippen LogP contribution is -2.07. The highest BCUT2D eigenvalue weighted by atomic mass is 79.9. The Kier molecular flexibility index (Phi) is 3.08. The highest BCUT2D eigenvalue weighted by Gasteiger charge is 2.43. The first kappa shape index (κ1) is 11.7. The molecule has 1 saturated carbocycles. The molecular formula is C13H15BrO2. The van der Waals surface area contributed by atoms with Gasteiger partial charge in [0.2, 0.25) is 0 Å². The zero-order chi connectivity index (χ0) is 11.8. The van der Waals surface area contributed by atoms with Crippen molar-refractivity contribution in [3.63, 3.8) is 0 Å². The molecule has 0 bridgehead atoms. The number of hydrogen-bond acceptors (Lipinski definition) is 2. The van der Waals surface area contributed by atoms with Gasteiger partial charge in [-0.15, -0.1) is 0 Å². The average Bonchev–Trinajstić information content (AvgIpc) is 2.96. The summed E-state index contributed by atoms with van der Waals surface area (Å²) in [7, 11) is 0. The van der Waals surface area contributed by atoms with Crippen molar-refractivity contribution in [2.24, 2.45) is 0 Å². The molecule has 0 spiro atoms. The van der Waals surface area contributed by atoms with Crippen molar-refractivity contribution in [2.75, 3.05) is 6.61 Å². The Morgan fingerprint density at radius 2 is 2.25 bits per heavy atom. The molecule has 2 rings (SSSR count). The van der Waals surface area contributed by atoms with Gasteiger partial charge >= 0.3 is 0 Å². The molecule has 1 N–H and O–H groups in total. The Morgan fingerprint density at radius 3 is 2.81 bits per heavy atom. The Morgan fingerprint density at radius 1 is 1.56 bits per heavy atom. The quantitative estimate of drug-likeness (QED) is 0.858. The SMILES string of the molecule is C=C(C)COc1cccc(C2(O)CC2)c1Br. The number of halogens is 1. The fraction of sp³-hybridized carbons (Fsp3) is 0.385. The predicted octanol–water partition coefficient (Wildman–Crippen LogP) is 3.39. The van der Waals surface area contributed by atoms with Crippen molar-refractivity contribution in [3.05, 3.63) is 40.4 Å². The lowest BCUT2D eigenvalue weighted by atomic mass is 10.1. The molecule has 1 aliphatic carbocycles. The van der Waals surface area contributed by atoms with Crippen LogP contribution in [0.4, 0.5) is 0 Å². The zero-order valence-corrected chi connectivity index (χ0v) is 10.9. The number of ether oxygens (including phenoxy) is 1. The van der Waals surface area contributed by atoms with Gasteiger partial charge in [0.15, 0.2) is 0 Å². The van der Waals surface area contributed by atoms with Crippen molar-refractivity contribution in [2.45, 2.75) is 25.4 Å². The highest BCUT2D eigenvalue weighted by molar-refractivity contribution is 9.10. The molecule has 0 radical (unpaired) electrons. The summed E-state index contributed by atoms with van der Waals surface area (Å²) >= 11 is 3.49. The molecule has 0 aliphatic heterocycles.